The van der Waals surface area contributed by atoms with Gasteiger partial charge in [0, 0.05) is 6.54 Å². The van der Waals surface area contributed by atoms with Gasteiger partial charge < -0.3 is 10.2 Å². The maximum absolute atomic E-state index is 12.0. The number of piperazine rings is 1. The van der Waals surface area contributed by atoms with Crippen LogP contribution in [0, 0.1) is 6.92 Å². The van der Waals surface area contributed by atoms with Crippen molar-refractivity contribution in [3.05, 3.63) is 21.9 Å². The first-order chi connectivity index (χ1) is 8.00. The number of hydrogen-bond donors (Lipinski definition) is 1. The quantitative estimate of drug-likeness (QED) is 0.862. The average Bonchev–Trinajstić information content (AvgIpc) is 2.68. The molecule has 92 valence electrons. The average molecular weight is 252 g/mol. The van der Waals surface area contributed by atoms with Crippen LogP contribution in [0.5, 0.6) is 0 Å². The Balaban J connectivity index is 2.20. The van der Waals surface area contributed by atoms with Gasteiger partial charge in [-0.25, -0.2) is 0 Å². The highest BCUT2D eigenvalue weighted by Crippen LogP contribution is 2.19. The lowest BCUT2D eigenvalue weighted by Gasteiger charge is -2.36. The monoisotopic (exact) mass is 252 g/mol. The van der Waals surface area contributed by atoms with E-state index in [1.54, 1.807) is 30.1 Å². The van der Waals surface area contributed by atoms with Crippen molar-refractivity contribution in [1.82, 2.24) is 10.2 Å². The molecule has 1 aromatic heterocycles. The number of thiophene rings is 1. The highest BCUT2D eigenvalue weighted by atomic mass is 32.1. The molecular formula is C12H16N2O2S. The molecule has 2 amide bonds. The highest BCUT2D eigenvalue weighted by molar-refractivity contribution is 7.08. The normalized spacial score (nSPS) is 25.0. The maximum atomic E-state index is 12.0. The second kappa shape index (κ2) is 4.49. The van der Waals surface area contributed by atoms with Crippen molar-refractivity contribution in [3.63, 3.8) is 0 Å². The summed E-state index contributed by atoms with van der Waals surface area (Å²) >= 11 is 1.62. The second-order valence-electron chi connectivity index (χ2n) is 4.45. The Morgan fingerprint density at radius 1 is 1.35 bits per heavy atom. The summed E-state index contributed by atoms with van der Waals surface area (Å²) < 4.78 is 0. The minimum Gasteiger partial charge on any atom is -0.343 e. The standard InChI is InChI=1S/C12H16N2O2S/c1-7-5-17-6-10(7)4-14-9(3)11(15)13-8(2)12(14)16/h5-6,8-9H,4H2,1-3H3,(H,13,15). The van der Waals surface area contributed by atoms with Crippen molar-refractivity contribution in [3.8, 4) is 0 Å². The van der Waals surface area contributed by atoms with Gasteiger partial charge in [-0.05, 0) is 42.7 Å². The second-order valence-corrected chi connectivity index (χ2v) is 5.20. The minimum atomic E-state index is -0.419. The molecule has 1 N–H and O–H groups in total. The third kappa shape index (κ3) is 2.20. The van der Waals surface area contributed by atoms with Gasteiger partial charge in [-0.15, -0.1) is 0 Å². The molecule has 1 saturated heterocycles. The molecule has 1 aromatic rings. The van der Waals surface area contributed by atoms with Crippen LogP contribution >= 0.6 is 11.3 Å². The molecule has 1 aliphatic rings. The summed E-state index contributed by atoms with van der Waals surface area (Å²) in [7, 11) is 0. The maximum Gasteiger partial charge on any atom is 0.245 e. The molecule has 2 rings (SSSR count). The van der Waals surface area contributed by atoms with Crippen molar-refractivity contribution < 1.29 is 9.59 Å². The zero-order valence-electron chi connectivity index (χ0n) is 10.2. The van der Waals surface area contributed by atoms with Gasteiger partial charge >= 0.3 is 0 Å². The number of nitrogens with zero attached hydrogens (tertiary/aromatic N) is 1. The lowest BCUT2D eigenvalue weighted by molar-refractivity contribution is -0.148. The Bertz CT molecular complexity index is 455. The Hall–Kier alpha value is -1.36. The van der Waals surface area contributed by atoms with Gasteiger partial charge in [-0.3, -0.25) is 9.59 Å². The molecule has 2 unspecified atom stereocenters. The Morgan fingerprint density at radius 3 is 2.65 bits per heavy atom. The minimum absolute atomic E-state index is 0.0114. The van der Waals surface area contributed by atoms with E-state index in [0.29, 0.717) is 6.54 Å². The fraction of sp³-hybridized carbons (Fsp3) is 0.500. The molecule has 2 atom stereocenters. The first-order valence-electron chi connectivity index (χ1n) is 5.63. The number of carbonyl (C=O) groups excluding carboxylic acids is 2. The van der Waals surface area contributed by atoms with E-state index in [1.165, 1.54) is 5.56 Å². The topological polar surface area (TPSA) is 49.4 Å². The van der Waals surface area contributed by atoms with E-state index in [9.17, 15) is 9.59 Å². The van der Waals surface area contributed by atoms with Gasteiger partial charge in [0.05, 0.1) is 0 Å². The van der Waals surface area contributed by atoms with Gasteiger partial charge in [0.25, 0.3) is 0 Å². The van der Waals surface area contributed by atoms with Gasteiger partial charge in [-0.2, -0.15) is 11.3 Å². The molecule has 0 aromatic carbocycles. The third-order valence-electron chi connectivity index (χ3n) is 3.16. The number of carbonyl (C=O) groups is 2. The first kappa shape index (κ1) is 12.1. The van der Waals surface area contributed by atoms with Crippen LogP contribution in [0.3, 0.4) is 0 Å². The van der Waals surface area contributed by atoms with E-state index in [1.807, 2.05) is 12.3 Å². The lowest BCUT2D eigenvalue weighted by atomic mass is 10.1. The SMILES string of the molecule is Cc1cscc1CN1C(=O)C(C)NC(=O)C1C. The van der Waals surface area contributed by atoms with Crippen LogP contribution in [-0.2, 0) is 16.1 Å². The summed E-state index contributed by atoms with van der Waals surface area (Å²) in [5, 5.41) is 6.76. The first-order valence-corrected chi connectivity index (χ1v) is 6.57. The zero-order valence-corrected chi connectivity index (χ0v) is 11.0. The number of nitrogens with one attached hydrogen (secondary N) is 1. The third-order valence-corrected chi connectivity index (χ3v) is 4.07. The van der Waals surface area contributed by atoms with Crippen molar-refractivity contribution in [1.29, 1.82) is 0 Å². The van der Waals surface area contributed by atoms with Crippen molar-refractivity contribution in [2.45, 2.75) is 39.4 Å². The molecule has 0 radical (unpaired) electrons. The smallest absolute Gasteiger partial charge is 0.245 e. The number of hydrogen-bond acceptors (Lipinski definition) is 3. The Kier molecular flexibility index (Phi) is 3.19. The number of aryl methyl sites for hydroxylation is 1. The number of rotatable bonds is 2. The summed E-state index contributed by atoms with van der Waals surface area (Å²) in [6, 6.07) is -0.810. The molecule has 0 saturated carbocycles. The van der Waals surface area contributed by atoms with Crippen molar-refractivity contribution in [2.24, 2.45) is 0 Å². The van der Waals surface area contributed by atoms with E-state index in [-0.39, 0.29) is 11.8 Å². The molecule has 4 nitrogen and oxygen atoms in total. The number of amides is 2. The van der Waals surface area contributed by atoms with Gasteiger partial charge in [-0.1, -0.05) is 0 Å². The van der Waals surface area contributed by atoms with Crippen molar-refractivity contribution >= 4 is 23.2 Å². The van der Waals surface area contributed by atoms with E-state index in [2.05, 4.69) is 10.7 Å². The van der Waals surface area contributed by atoms with E-state index in [0.717, 1.165) is 5.56 Å². The summed E-state index contributed by atoms with van der Waals surface area (Å²) in [5.41, 5.74) is 2.30. The van der Waals surface area contributed by atoms with Crippen LogP contribution in [0.4, 0.5) is 0 Å². The molecule has 5 heteroatoms. The molecule has 0 aliphatic carbocycles. The fourth-order valence-electron chi connectivity index (χ4n) is 1.92. The predicted molar refractivity (Wildman–Crippen MR) is 66.7 cm³/mol. The zero-order chi connectivity index (χ0) is 12.6. The molecule has 1 aliphatic heterocycles. The largest absolute Gasteiger partial charge is 0.343 e. The molecule has 0 bridgehead atoms. The predicted octanol–water partition coefficient (Wildman–Crippen LogP) is 1.29. The van der Waals surface area contributed by atoms with Crippen molar-refractivity contribution in [2.75, 3.05) is 0 Å². The summed E-state index contributed by atoms with van der Waals surface area (Å²) in [5.74, 6) is -0.0901. The van der Waals surface area contributed by atoms with E-state index < -0.39 is 12.1 Å². The van der Waals surface area contributed by atoms with Crippen LogP contribution in [0.1, 0.15) is 25.0 Å². The molecule has 1 fully saturated rings. The molecule has 17 heavy (non-hydrogen) atoms. The van der Waals surface area contributed by atoms with Crippen LogP contribution in [-0.4, -0.2) is 28.8 Å². The van der Waals surface area contributed by atoms with E-state index >= 15 is 0 Å². The Labute approximate surface area is 105 Å². The van der Waals surface area contributed by atoms with Gasteiger partial charge in [0.2, 0.25) is 11.8 Å². The van der Waals surface area contributed by atoms with Crippen LogP contribution < -0.4 is 5.32 Å². The van der Waals surface area contributed by atoms with Gasteiger partial charge in [0.15, 0.2) is 0 Å². The van der Waals surface area contributed by atoms with Crippen LogP contribution in [0.2, 0.25) is 0 Å². The van der Waals surface area contributed by atoms with Crippen LogP contribution in [0.25, 0.3) is 0 Å². The summed E-state index contributed by atoms with van der Waals surface area (Å²) in [4.78, 5) is 25.4. The summed E-state index contributed by atoms with van der Waals surface area (Å²) in [6.45, 7) is 6.03. The van der Waals surface area contributed by atoms with Gasteiger partial charge in [0.1, 0.15) is 12.1 Å². The molecule has 2 heterocycles. The molecular weight excluding hydrogens is 236 g/mol. The fourth-order valence-corrected chi connectivity index (χ4v) is 2.77. The van der Waals surface area contributed by atoms with Crippen LogP contribution in [0.15, 0.2) is 10.8 Å². The molecule has 0 spiro atoms. The van der Waals surface area contributed by atoms with E-state index in [4.69, 9.17) is 0 Å². The summed E-state index contributed by atoms with van der Waals surface area (Å²) in [6.07, 6.45) is 0. The highest BCUT2D eigenvalue weighted by Gasteiger charge is 2.35. The Morgan fingerprint density at radius 2 is 2.06 bits per heavy atom. The lowest BCUT2D eigenvalue weighted by Crippen LogP contribution is -2.60.